The SMILES string of the molecule is Cc1cscc1NC(=O)C(=O)N(C)[C@@H](C)c1cccnc1. The number of anilines is 1. The Morgan fingerprint density at radius 3 is 2.71 bits per heavy atom. The molecule has 110 valence electrons. The van der Waals surface area contributed by atoms with E-state index in [-0.39, 0.29) is 6.04 Å². The lowest BCUT2D eigenvalue weighted by Crippen LogP contribution is -2.38. The van der Waals surface area contributed by atoms with E-state index in [0.717, 1.165) is 11.1 Å². The maximum absolute atomic E-state index is 12.2. The average Bonchev–Trinajstić information content (AvgIpc) is 2.91. The van der Waals surface area contributed by atoms with Crippen molar-refractivity contribution in [2.45, 2.75) is 19.9 Å². The van der Waals surface area contributed by atoms with E-state index in [1.807, 2.05) is 30.7 Å². The van der Waals surface area contributed by atoms with Crippen molar-refractivity contribution in [2.75, 3.05) is 12.4 Å². The third kappa shape index (κ3) is 3.46. The largest absolute Gasteiger partial charge is 0.331 e. The maximum atomic E-state index is 12.2. The summed E-state index contributed by atoms with van der Waals surface area (Å²) in [4.78, 5) is 29.7. The summed E-state index contributed by atoms with van der Waals surface area (Å²) in [6.45, 7) is 3.75. The minimum absolute atomic E-state index is 0.222. The van der Waals surface area contributed by atoms with Gasteiger partial charge in [0, 0.05) is 24.8 Å². The molecule has 0 saturated carbocycles. The molecule has 0 aliphatic carbocycles. The van der Waals surface area contributed by atoms with Crippen molar-refractivity contribution in [1.29, 1.82) is 0 Å². The summed E-state index contributed by atoms with van der Waals surface area (Å²) >= 11 is 1.48. The van der Waals surface area contributed by atoms with Crippen molar-refractivity contribution in [3.05, 3.63) is 46.4 Å². The van der Waals surface area contributed by atoms with Crippen LogP contribution in [0.4, 0.5) is 5.69 Å². The molecule has 2 aromatic rings. The average molecular weight is 303 g/mol. The zero-order chi connectivity index (χ0) is 15.4. The predicted octanol–water partition coefficient (Wildman–Crippen LogP) is 2.61. The van der Waals surface area contributed by atoms with E-state index >= 15 is 0 Å². The third-order valence-corrected chi connectivity index (χ3v) is 4.23. The summed E-state index contributed by atoms with van der Waals surface area (Å²) in [5, 5.41) is 6.37. The number of aromatic nitrogens is 1. The van der Waals surface area contributed by atoms with Crippen LogP contribution in [0.5, 0.6) is 0 Å². The maximum Gasteiger partial charge on any atom is 0.313 e. The molecule has 6 heteroatoms. The van der Waals surface area contributed by atoms with Gasteiger partial charge in [-0.2, -0.15) is 0 Å². The van der Waals surface area contributed by atoms with Crippen molar-refractivity contribution in [3.63, 3.8) is 0 Å². The molecule has 1 N–H and O–H groups in total. The lowest BCUT2D eigenvalue weighted by molar-refractivity contribution is -0.143. The first-order chi connectivity index (χ1) is 10.0. The number of hydrogen-bond acceptors (Lipinski definition) is 4. The Balaban J connectivity index is 2.05. The molecule has 0 unspecified atom stereocenters. The van der Waals surface area contributed by atoms with Gasteiger partial charge in [-0.25, -0.2) is 0 Å². The van der Waals surface area contributed by atoms with Crippen LogP contribution in [-0.2, 0) is 9.59 Å². The fraction of sp³-hybridized carbons (Fsp3) is 0.267. The molecule has 2 heterocycles. The van der Waals surface area contributed by atoms with Crippen molar-refractivity contribution in [3.8, 4) is 0 Å². The highest BCUT2D eigenvalue weighted by molar-refractivity contribution is 7.08. The van der Waals surface area contributed by atoms with Gasteiger partial charge in [0.05, 0.1) is 11.7 Å². The highest BCUT2D eigenvalue weighted by atomic mass is 32.1. The molecule has 0 saturated heterocycles. The number of nitrogens with one attached hydrogen (secondary N) is 1. The number of rotatable bonds is 3. The lowest BCUT2D eigenvalue weighted by Gasteiger charge is -2.24. The lowest BCUT2D eigenvalue weighted by atomic mass is 10.1. The molecule has 0 aliphatic heterocycles. The Hall–Kier alpha value is -2.21. The van der Waals surface area contributed by atoms with Gasteiger partial charge < -0.3 is 10.2 Å². The van der Waals surface area contributed by atoms with Gasteiger partial charge in [0.25, 0.3) is 0 Å². The molecule has 0 spiro atoms. The normalized spacial score (nSPS) is 11.8. The molecule has 0 radical (unpaired) electrons. The second-order valence-corrected chi connectivity index (χ2v) is 5.54. The first-order valence-corrected chi connectivity index (χ1v) is 7.46. The number of aryl methyl sites for hydroxylation is 1. The number of likely N-dealkylation sites (N-methyl/N-ethyl adjacent to an activating group) is 1. The van der Waals surface area contributed by atoms with E-state index in [4.69, 9.17) is 0 Å². The first kappa shape index (κ1) is 15.2. The Kier molecular flexibility index (Phi) is 4.70. The summed E-state index contributed by atoms with van der Waals surface area (Å²) in [6, 6.07) is 3.46. The fourth-order valence-electron chi connectivity index (χ4n) is 1.85. The fourth-order valence-corrected chi connectivity index (χ4v) is 2.63. The van der Waals surface area contributed by atoms with Gasteiger partial charge >= 0.3 is 11.8 Å². The molecular formula is C15H17N3O2S. The van der Waals surface area contributed by atoms with E-state index < -0.39 is 11.8 Å². The zero-order valence-electron chi connectivity index (χ0n) is 12.2. The Bertz CT molecular complexity index is 639. The quantitative estimate of drug-likeness (QED) is 0.887. The van der Waals surface area contributed by atoms with Crippen LogP contribution in [0.2, 0.25) is 0 Å². The van der Waals surface area contributed by atoms with Crippen LogP contribution in [0, 0.1) is 6.92 Å². The van der Waals surface area contributed by atoms with Gasteiger partial charge in [-0.3, -0.25) is 14.6 Å². The van der Waals surface area contributed by atoms with Gasteiger partial charge in [-0.05, 0) is 36.4 Å². The van der Waals surface area contributed by atoms with Crippen molar-refractivity contribution in [1.82, 2.24) is 9.88 Å². The summed E-state index contributed by atoms with van der Waals surface area (Å²) < 4.78 is 0. The Morgan fingerprint density at radius 2 is 2.14 bits per heavy atom. The number of carbonyl (C=O) groups is 2. The Morgan fingerprint density at radius 1 is 1.38 bits per heavy atom. The van der Waals surface area contributed by atoms with Gasteiger partial charge in [0.1, 0.15) is 0 Å². The van der Waals surface area contributed by atoms with E-state index in [2.05, 4.69) is 10.3 Å². The van der Waals surface area contributed by atoms with Crippen LogP contribution < -0.4 is 5.32 Å². The number of nitrogens with zero attached hydrogens (tertiary/aromatic N) is 2. The molecule has 1 atom stereocenters. The molecule has 2 aromatic heterocycles. The molecule has 5 nitrogen and oxygen atoms in total. The topological polar surface area (TPSA) is 62.3 Å². The minimum Gasteiger partial charge on any atom is -0.331 e. The first-order valence-electron chi connectivity index (χ1n) is 6.51. The molecule has 2 amide bonds. The number of carbonyl (C=O) groups excluding carboxylic acids is 2. The molecular weight excluding hydrogens is 286 g/mol. The molecule has 0 aromatic carbocycles. The van der Waals surface area contributed by atoms with Gasteiger partial charge in [-0.15, -0.1) is 11.3 Å². The summed E-state index contributed by atoms with van der Waals surface area (Å²) in [6.07, 6.45) is 3.36. The summed E-state index contributed by atoms with van der Waals surface area (Å²) in [5.41, 5.74) is 2.51. The number of hydrogen-bond donors (Lipinski definition) is 1. The van der Waals surface area contributed by atoms with Crippen molar-refractivity contribution in [2.24, 2.45) is 0 Å². The summed E-state index contributed by atoms with van der Waals surface area (Å²) in [5.74, 6) is -1.20. The highest BCUT2D eigenvalue weighted by Crippen LogP contribution is 2.21. The van der Waals surface area contributed by atoms with E-state index in [9.17, 15) is 9.59 Å². The van der Waals surface area contributed by atoms with E-state index in [1.54, 1.807) is 25.5 Å². The van der Waals surface area contributed by atoms with Crippen LogP contribution in [-0.4, -0.2) is 28.7 Å². The van der Waals surface area contributed by atoms with Crippen molar-refractivity contribution >= 4 is 28.8 Å². The Labute approximate surface area is 127 Å². The van der Waals surface area contributed by atoms with Crippen LogP contribution >= 0.6 is 11.3 Å². The zero-order valence-corrected chi connectivity index (χ0v) is 13.0. The predicted molar refractivity (Wildman–Crippen MR) is 83.1 cm³/mol. The van der Waals surface area contributed by atoms with Crippen LogP contribution in [0.1, 0.15) is 24.1 Å². The van der Waals surface area contributed by atoms with E-state index in [1.165, 1.54) is 16.2 Å². The molecule has 0 fully saturated rings. The van der Waals surface area contributed by atoms with Crippen LogP contribution in [0.25, 0.3) is 0 Å². The second kappa shape index (κ2) is 6.49. The standard InChI is InChI=1S/C15H17N3O2S/c1-10-8-21-9-13(10)17-14(19)15(20)18(3)11(2)12-5-4-6-16-7-12/h4-9,11H,1-3H3,(H,17,19)/t11-/m0/s1. The smallest absolute Gasteiger partial charge is 0.313 e. The molecule has 0 aliphatic rings. The van der Waals surface area contributed by atoms with Crippen molar-refractivity contribution < 1.29 is 9.59 Å². The minimum atomic E-state index is -0.630. The molecule has 2 rings (SSSR count). The second-order valence-electron chi connectivity index (χ2n) is 4.80. The van der Waals surface area contributed by atoms with Crippen LogP contribution in [0.15, 0.2) is 35.3 Å². The third-order valence-electron chi connectivity index (χ3n) is 3.37. The van der Waals surface area contributed by atoms with Gasteiger partial charge in [-0.1, -0.05) is 6.07 Å². The summed E-state index contributed by atoms with van der Waals surface area (Å²) in [7, 11) is 1.61. The van der Waals surface area contributed by atoms with E-state index in [0.29, 0.717) is 5.69 Å². The highest BCUT2D eigenvalue weighted by Gasteiger charge is 2.24. The molecule has 0 bridgehead atoms. The molecule has 21 heavy (non-hydrogen) atoms. The van der Waals surface area contributed by atoms with Gasteiger partial charge in [0.2, 0.25) is 0 Å². The number of pyridine rings is 1. The number of thiophene rings is 1. The van der Waals surface area contributed by atoms with Crippen LogP contribution in [0.3, 0.4) is 0 Å². The monoisotopic (exact) mass is 303 g/mol. The van der Waals surface area contributed by atoms with Gasteiger partial charge in [0.15, 0.2) is 0 Å². The number of amides is 2.